The van der Waals surface area contributed by atoms with E-state index < -0.39 is 5.97 Å². The topological polar surface area (TPSA) is 125 Å². The van der Waals surface area contributed by atoms with E-state index in [-0.39, 0.29) is 6.61 Å². The van der Waals surface area contributed by atoms with E-state index in [0.717, 1.165) is 52.8 Å². The first kappa shape index (κ1) is 23.5. The number of carboxylic acid groups (broad SMARTS) is 1. The van der Waals surface area contributed by atoms with Crippen LogP contribution in [-0.4, -0.2) is 52.5 Å². The first-order chi connectivity index (χ1) is 16.6. The fourth-order valence-corrected chi connectivity index (χ4v) is 4.05. The maximum absolute atomic E-state index is 10.8. The standard InChI is InChI=1S/C25H29N5O4/c1-33-14-11-21-29-23-24(18-8-3-4-9-19(18)28-25(23)26)30(21)13-6-12-27-15-17-7-2-5-10-20(17)34-16-22(31)32/h2-5,7-10,27H,6,11-16H2,1H3,(H2,26,28)(H,31,32). The molecular formula is C25H29N5O4. The number of methoxy groups -OCH3 is 1. The van der Waals surface area contributed by atoms with Crippen LogP contribution >= 0.6 is 0 Å². The average Bonchev–Trinajstić information content (AvgIpc) is 3.21. The Morgan fingerprint density at radius 1 is 1.15 bits per heavy atom. The Bertz CT molecular complexity index is 1290. The first-order valence-corrected chi connectivity index (χ1v) is 11.2. The summed E-state index contributed by atoms with van der Waals surface area (Å²) in [5.41, 5.74) is 9.75. The number of fused-ring (bicyclic) bond motifs is 3. The normalized spacial score (nSPS) is 11.3. The molecule has 178 valence electrons. The summed E-state index contributed by atoms with van der Waals surface area (Å²) in [6, 6.07) is 15.4. The molecule has 0 saturated carbocycles. The number of nitrogens with two attached hydrogens (primary N) is 1. The van der Waals surface area contributed by atoms with Crippen LogP contribution in [0.15, 0.2) is 48.5 Å². The quantitative estimate of drug-likeness (QED) is 0.274. The monoisotopic (exact) mass is 463 g/mol. The van der Waals surface area contributed by atoms with E-state index in [0.29, 0.717) is 31.1 Å². The Morgan fingerprint density at radius 2 is 1.94 bits per heavy atom. The van der Waals surface area contributed by atoms with Crippen LogP contribution < -0.4 is 15.8 Å². The predicted molar refractivity (Wildman–Crippen MR) is 131 cm³/mol. The number of aromatic nitrogens is 3. The van der Waals surface area contributed by atoms with Crippen LogP contribution in [0, 0.1) is 0 Å². The first-order valence-electron chi connectivity index (χ1n) is 11.2. The van der Waals surface area contributed by atoms with Crippen molar-refractivity contribution in [3.05, 3.63) is 59.9 Å². The molecular weight excluding hydrogens is 434 g/mol. The number of carbonyl (C=O) groups is 1. The van der Waals surface area contributed by atoms with Crippen molar-refractivity contribution in [3.63, 3.8) is 0 Å². The maximum Gasteiger partial charge on any atom is 0.341 e. The third-order valence-electron chi connectivity index (χ3n) is 5.59. The van der Waals surface area contributed by atoms with Gasteiger partial charge in [-0.05, 0) is 25.1 Å². The number of rotatable bonds is 12. The molecule has 0 aliphatic carbocycles. The number of ether oxygens (including phenoxy) is 2. The van der Waals surface area contributed by atoms with Crippen LogP contribution in [0.3, 0.4) is 0 Å². The van der Waals surface area contributed by atoms with Gasteiger partial charge in [-0.1, -0.05) is 36.4 Å². The number of hydrogen-bond donors (Lipinski definition) is 3. The number of hydrogen-bond acceptors (Lipinski definition) is 7. The number of benzene rings is 2. The van der Waals surface area contributed by atoms with Gasteiger partial charge in [0, 0.05) is 37.6 Å². The van der Waals surface area contributed by atoms with E-state index >= 15 is 0 Å². The average molecular weight is 464 g/mol. The molecule has 0 aliphatic rings. The number of nitrogen functional groups attached to an aromatic ring is 1. The zero-order valence-electron chi connectivity index (χ0n) is 19.2. The van der Waals surface area contributed by atoms with Gasteiger partial charge in [0.05, 0.1) is 17.6 Å². The molecule has 0 radical (unpaired) electrons. The Labute approximate surface area is 197 Å². The summed E-state index contributed by atoms with van der Waals surface area (Å²) in [6.45, 7) is 2.31. The molecule has 2 aromatic heterocycles. The minimum Gasteiger partial charge on any atom is -0.482 e. The van der Waals surface area contributed by atoms with Gasteiger partial charge in [-0.15, -0.1) is 0 Å². The van der Waals surface area contributed by atoms with Gasteiger partial charge in [0.25, 0.3) is 0 Å². The molecule has 0 saturated heterocycles. The van der Waals surface area contributed by atoms with Gasteiger partial charge < -0.3 is 30.2 Å². The largest absolute Gasteiger partial charge is 0.482 e. The minimum atomic E-state index is -0.997. The highest BCUT2D eigenvalue weighted by molar-refractivity contribution is 6.06. The van der Waals surface area contributed by atoms with Gasteiger partial charge >= 0.3 is 5.97 Å². The van der Waals surface area contributed by atoms with E-state index in [1.807, 2.05) is 36.4 Å². The maximum atomic E-state index is 10.8. The fourth-order valence-electron chi connectivity index (χ4n) is 4.05. The van der Waals surface area contributed by atoms with Crippen LogP contribution in [0.4, 0.5) is 5.82 Å². The number of aliphatic carboxylic acids is 1. The molecule has 4 N–H and O–H groups in total. The second-order valence-electron chi connectivity index (χ2n) is 7.95. The van der Waals surface area contributed by atoms with E-state index in [9.17, 15) is 4.79 Å². The van der Waals surface area contributed by atoms with Crippen molar-refractivity contribution in [2.75, 3.05) is 32.6 Å². The molecule has 9 heteroatoms. The zero-order valence-corrected chi connectivity index (χ0v) is 19.2. The number of imidazole rings is 1. The van der Waals surface area contributed by atoms with Gasteiger partial charge in [-0.25, -0.2) is 14.8 Å². The molecule has 2 heterocycles. The van der Waals surface area contributed by atoms with Gasteiger partial charge in [-0.3, -0.25) is 0 Å². The molecule has 0 unspecified atom stereocenters. The summed E-state index contributed by atoms with van der Waals surface area (Å²) < 4.78 is 12.9. The lowest BCUT2D eigenvalue weighted by Crippen LogP contribution is -2.18. The number of carboxylic acids is 1. The van der Waals surface area contributed by atoms with Crippen molar-refractivity contribution in [2.45, 2.75) is 25.9 Å². The molecule has 4 aromatic rings. The smallest absolute Gasteiger partial charge is 0.341 e. The zero-order chi connectivity index (χ0) is 23.9. The summed E-state index contributed by atoms with van der Waals surface area (Å²) in [6.07, 6.45) is 1.54. The second-order valence-corrected chi connectivity index (χ2v) is 7.95. The Morgan fingerprint density at radius 3 is 2.76 bits per heavy atom. The predicted octanol–water partition coefficient (Wildman–Crippen LogP) is 3.00. The molecule has 0 spiro atoms. The van der Waals surface area contributed by atoms with Crippen LogP contribution in [-0.2, 0) is 29.0 Å². The number of para-hydroxylation sites is 2. The van der Waals surface area contributed by atoms with Gasteiger partial charge in [0.15, 0.2) is 12.4 Å². The van der Waals surface area contributed by atoms with Crippen molar-refractivity contribution < 1.29 is 19.4 Å². The SMILES string of the molecule is COCCc1nc2c(N)nc3ccccc3c2n1CCCNCc1ccccc1OCC(=O)O. The van der Waals surface area contributed by atoms with E-state index in [2.05, 4.69) is 20.9 Å². The molecule has 0 atom stereocenters. The second kappa shape index (κ2) is 11.0. The fraction of sp³-hybridized carbons (Fsp3) is 0.320. The van der Waals surface area contributed by atoms with Gasteiger partial charge in [0.2, 0.25) is 0 Å². The lowest BCUT2D eigenvalue weighted by atomic mass is 10.2. The summed E-state index contributed by atoms with van der Waals surface area (Å²) in [7, 11) is 1.68. The lowest BCUT2D eigenvalue weighted by molar-refractivity contribution is -0.139. The van der Waals surface area contributed by atoms with E-state index in [1.165, 1.54) is 0 Å². The number of pyridine rings is 1. The molecule has 0 aliphatic heterocycles. The third kappa shape index (κ3) is 5.27. The highest BCUT2D eigenvalue weighted by atomic mass is 16.5. The molecule has 2 aromatic carbocycles. The summed E-state index contributed by atoms with van der Waals surface area (Å²) in [5.74, 6) is 0.939. The van der Waals surface area contributed by atoms with Gasteiger partial charge in [-0.2, -0.15) is 0 Å². The summed E-state index contributed by atoms with van der Waals surface area (Å²) >= 11 is 0. The minimum absolute atomic E-state index is 0.360. The van der Waals surface area contributed by atoms with Crippen LogP contribution in [0.2, 0.25) is 0 Å². The third-order valence-corrected chi connectivity index (χ3v) is 5.59. The van der Waals surface area contributed by atoms with Crippen LogP contribution in [0.1, 0.15) is 17.8 Å². The van der Waals surface area contributed by atoms with Crippen molar-refractivity contribution in [3.8, 4) is 5.75 Å². The lowest BCUT2D eigenvalue weighted by Gasteiger charge is -2.13. The van der Waals surface area contributed by atoms with E-state index in [4.69, 9.17) is 25.3 Å². The van der Waals surface area contributed by atoms with Crippen LogP contribution in [0.25, 0.3) is 21.9 Å². The Kier molecular flexibility index (Phi) is 7.56. The van der Waals surface area contributed by atoms with Crippen molar-refractivity contribution in [2.24, 2.45) is 0 Å². The number of aryl methyl sites for hydroxylation is 1. The molecule has 0 amide bonds. The Hall–Kier alpha value is -3.69. The summed E-state index contributed by atoms with van der Waals surface area (Å²) in [5, 5.41) is 13.3. The highest BCUT2D eigenvalue weighted by Gasteiger charge is 2.17. The summed E-state index contributed by atoms with van der Waals surface area (Å²) in [4.78, 5) is 20.1. The molecule has 0 fully saturated rings. The Balaban J connectivity index is 1.48. The molecule has 0 bridgehead atoms. The number of anilines is 1. The number of nitrogens with one attached hydrogen (secondary N) is 1. The number of nitrogens with zero attached hydrogens (tertiary/aromatic N) is 3. The van der Waals surface area contributed by atoms with Gasteiger partial charge in [0.1, 0.15) is 17.1 Å². The molecule has 4 rings (SSSR count). The van der Waals surface area contributed by atoms with Crippen molar-refractivity contribution in [1.82, 2.24) is 19.9 Å². The van der Waals surface area contributed by atoms with Crippen molar-refractivity contribution in [1.29, 1.82) is 0 Å². The highest BCUT2D eigenvalue weighted by Crippen LogP contribution is 2.29. The van der Waals surface area contributed by atoms with Crippen LogP contribution in [0.5, 0.6) is 5.75 Å². The van der Waals surface area contributed by atoms with E-state index in [1.54, 1.807) is 13.2 Å². The molecule has 9 nitrogen and oxygen atoms in total. The van der Waals surface area contributed by atoms with Crippen molar-refractivity contribution >= 4 is 33.7 Å². The molecule has 34 heavy (non-hydrogen) atoms.